The number of rotatable bonds is 10. The lowest BCUT2D eigenvalue weighted by Gasteiger charge is -2.31. The molecular formula is C25H31ClN2. The van der Waals surface area contributed by atoms with Crippen LogP contribution in [0, 0.1) is 17.2 Å². The van der Waals surface area contributed by atoms with E-state index in [0.717, 1.165) is 55.8 Å². The second-order valence-corrected chi connectivity index (χ2v) is 8.77. The van der Waals surface area contributed by atoms with Crippen LogP contribution in [-0.4, -0.2) is 24.0 Å². The summed E-state index contributed by atoms with van der Waals surface area (Å²) in [6.07, 6.45) is 5.36. The van der Waals surface area contributed by atoms with E-state index in [0.29, 0.717) is 12.0 Å². The minimum Gasteiger partial charge on any atom is -0.301 e. The summed E-state index contributed by atoms with van der Waals surface area (Å²) < 4.78 is 0. The Labute approximate surface area is 175 Å². The molecule has 0 saturated heterocycles. The fourth-order valence-corrected chi connectivity index (χ4v) is 4.35. The van der Waals surface area contributed by atoms with E-state index in [1.54, 1.807) is 0 Å². The Balaban J connectivity index is 1.62. The molecule has 0 aliphatic heterocycles. The van der Waals surface area contributed by atoms with Gasteiger partial charge in [0, 0.05) is 17.6 Å². The van der Waals surface area contributed by atoms with Crippen LogP contribution in [0.2, 0.25) is 5.02 Å². The van der Waals surface area contributed by atoms with Crippen LogP contribution >= 0.6 is 11.6 Å². The van der Waals surface area contributed by atoms with E-state index in [1.807, 2.05) is 12.1 Å². The minimum atomic E-state index is -0.354. The number of halogens is 1. The largest absolute Gasteiger partial charge is 0.301 e. The molecule has 28 heavy (non-hydrogen) atoms. The average Bonchev–Trinajstić information content (AvgIpc) is 3.55. The van der Waals surface area contributed by atoms with Gasteiger partial charge in [0.25, 0.3) is 0 Å². The van der Waals surface area contributed by atoms with E-state index in [2.05, 4.69) is 67.3 Å². The first-order chi connectivity index (χ1) is 13.5. The van der Waals surface area contributed by atoms with Crippen molar-refractivity contribution in [3.05, 3.63) is 70.7 Å². The summed E-state index contributed by atoms with van der Waals surface area (Å²) in [7, 11) is 0. The molecule has 1 unspecified atom stereocenters. The van der Waals surface area contributed by atoms with E-state index in [4.69, 9.17) is 11.6 Å². The molecule has 0 heterocycles. The first-order valence-corrected chi connectivity index (χ1v) is 10.9. The Bertz CT molecular complexity index is 774. The predicted octanol–water partition coefficient (Wildman–Crippen LogP) is 6.24. The van der Waals surface area contributed by atoms with Gasteiger partial charge in [-0.15, -0.1) is 0 Å². The van der Waals surface area contributed by atoms with Crippen molar-refractivity contribution in [2.45, 2.75) is 57.4 Å². The number of hydrogen-bond donors (Lipinski definition) is 0. The van der Waals surface area contributed by atoms with Gasteiger partial charge in [-0.05, 0) is 81.7 Å². The van der Waals surface area contributed by atoms with Crippen LogP contribution in [0.5, 0.6) is 0 Å². The lowest BCUT2D eigenvalue weighted by atomic mass is 9.74. The fourth-order valence-electron chi connectivity index (χ4n) is 4.23. The summed E-state index contributed by atoms with van der Waals surface area (Å²) in [5.74, 6) is 0.496. The zero-order chi connectivity index (χ0) is 20.0. The zero-order valence-electron chi connectivity index (χ0n) is 17.1. The fraction of sp³-hybridized carbons (Fsp3) is 0.480. The maximum atomic E-state index is 10.1. The molecule has 0 bridgehead atoms. The normalized spacial score (nSPS) is 16.1. The van der Waals surface area contributed by atoms with Crippen molar-refractivity contribution >= 4 is 11.6 Å². The zero-order valence-corrected chi connectivity index (χ0v) is 17.8. The molecule has 2 aromatic carbocycles. The van der Waals surface area contributed by atoms with Gasteiger partial charge in [0.05, 0.1) is 11.5 Å². The third kappa shape index (κ3) is 5.16. The van der Waals surface area contributed by atoms with Crippen LogP contribution in [0.15, 0.2) is 54.6 Å². The molecular weight excluding hydrogens is 364 g/mol. The second kappa shape index (κ2) is 9.59. The maximum absolute atomic E-state index is 10.1. The molecule has 0 spiro atoms. The van der Waals surface area contributed by atoms with E-state index in [9.17, 15) is 5.26 Å². The molecule has 1 saturated carbocycles. The number of nitrogens with zero attached hydrogens (tertiary/aromatic N) is 2. The summed E-state index contributed by atoms with van der Waals surface area (Å²) in [5, 5.41) is 10.9. The predicted molar refractivity (Wildman–Crippen MR) is 118 cm³/mol. The van der Waals surface area contributed by atoms with Gasteiger partial charge in [0.15, 0.2) is 0 Å². The number of hydrogen-bond acceptors (Lipinski definition) is 2. The van der Waals surface area contributed by atoms with E-state index >= 15 is 0 Å². The molecule has 0 aromatic heterocycles. The molecule has 1 atom stereocenters. The molecule has 0 radical (unpaired) electrons. The molecule has 2 nitrogen and oxygen atoms in total. The Hall–Kier alpha value is -1.82. The second-order valence-electron chi connectivity index (χ2n) is 8.33. The third-order valence-electron chi connectivity index (χ3n) is 6.11. The van der Waals surface area contributed by atoms with Crippen LogP contribution in [0.4, 0.5) is 0 Å². The summed E-state index contributed by atoms with van der Waals surface area (Å²) in [6, 6.07) is 21.9. The summed E-state index contributed by atoms with van der Waals surface area (Å²) in [4.78, 5) is 2.55. The van der Waals surface area contributed by atoms with Crippen molar-refractivity contribution in [1.29, 1.82) is 5.26 Å². The lowest BCUT2D eigenvalue weighted by Crippen LogP contribution is -2.35. The topological polar surface area (TPSA) is 27.0 Å². The van der Waals surface area contributed by atoms with Crippen LogP contribution in [0.3, 0.4) is 0 Å². The highest BCUT2D eigenvalue weighted by Gasteiger charge is 2.46. The van der Waals surface area contributed by atoms with Crippen LogP contribution < -0.4 is 0 Å². The van der Waals surface area contributed by atoms with E-state index in [1.165, 1.54) is 5.56 Å². The first kappa shape index (κ1) is 20.9. The molecule has 2 aromatic rings. The number of nitriles is 1. The standard InChI is InChI=1S/C25H31ClN2/c1-20(2)28(18-15-21-7-4-3-5-8-21)17-6-16-25(19-27,22-9-10-22)23-11-13-24(26)14-12-23/h3-5,7-8,11-14,20,22H,6,9-10,15-18H2,1-2H3. The molecule has 1 fully saturated rings. The molecule has 0 amide bonds. The van der Waals surface area contributed by atoms with E-state index < -0.39 is 0 Å². The van der Waals surface area contributed by atoms with Crippen molar-refractivity contribution in [2.24, 2.45) is 5.92 Å². The quantitative estimate of drug-likeness (QED) is 0.476. The van der Waals surface area contributed by atoms with Gasteiger partial charge in [-0.2, -0.15) is 5.26 Å². The maximum Gasteiger partial charge on any atom is 0.0850 e. The Morgan fingerprint density at radius 2 is 1.75 bits per heavy atom. The average molecular weight is 395 g/mol. The first-order valence-electron chi connectivity index (χ1n) is 10.5. The van der Waals surface area contributed by atoms with Crippen LogP contribution in [-0.2, 0) is 11.8 Å². The van der Waals surface area contributed by atoms with Gasteiger partial charge in [-0.1, -0.05) is 54.1 Å². The van der Waals surface area contributed by atoms with Crippen molar-refractivity contribution in [3.63, 3.8) is 0 Å². The Kier molecular flexibility index (Phi) is 7.16. The Morgan fingerprint density at radius 1 is 1.07 bits per heavy atom. The monoisotopic (exact) mass is 394 g/mol. The minimum absolute atomic E-state index is 0.354. The SMILES string of the molecule is CC(C)N(CCCC(C#N)(c1ccc(Cl)cc1)C1CC1)CCc1ccccc1. The van der Waals surface area contributed by atoms with E-state index in [-0.39, 0.29) is 5.41 Å². The van der Waals surface area contributed by atoms with Gasteiger partial charge in [0.2, 0.25) is 0 Å². The summed E-state index contributed by atoms with van der Waals surface area (Å²) in [6.45, 7) is 6.63. The smallest absolute Gasteiger partial charge is 0.0850 e. The summed E-state index contributed by atoms with van der Waals surface area (Å²) >= 11 is 6.08. The Morgan fingerprint density at radius 3 is 2.32 bits per heavy atom. The van der Waals surface area contributed by atoms with Gasteiger partial charge < -0.3 is 4.90 Å². The molecule has 1 aliphatic rings. The van der Waals surface area contributed by atoms with Crippen molar-refractivity contribution < 1.29 is 0 Å². The molecule has 148 valence electrons. The number of benzene rings is 2. The van der Waals surface area contributed by atoms with Gasteiger partial charge in [-0.3, -0.25) is 0 Å². The van der Waals surface area contributed by atoms with Gasteiger partial charge >= 0.3 is 0 Å². The van der Waals surface area contributed by atoms with Gasteiger partial charge in [0.1, 0.15) is 0 Å². The molecule has 3 heteroatoms. The van der Waals surface area contributed by atoms with Crippen LogP contribution in [0.25, 0.3) is 0 Å². The highest BCUT2D eigenvalue weighted by atomic mass is 35.5. The van der Waals surface area contributed by atoms with Crippen molar-refractivity contribution in [3.8, 4) is 6.07 Å². The van der Waals surface area contributed by atoms with Crippen LogP contribution in [0.1, 0.15) is 50.7 Å². The van der Waals surface area contributed by atoms with Crippen molar-refractivity contribution in [2.75, 3.05) is 13.1 Å². The van der Waals surface area contributed by atoms with Gasteiger partial charge in [-0.25, -0.2) is 0 Å². The highest BCUT2D eigenvalue weighted by molar-refractivity contribution is 6.30. The lowest BCUT2D eigenvalue weighted by molar-refractivity contribution is 0.213. The molecule has 1 aliphatic carbocycles. The molecule has 0 N–H and O–H groups in total. The molecule has 3 rings (SSSR count). The highest BCUT2D eigenvalue weighted by Crippen LogP contribution is 2.50. The third-order valence-corrected chi connectivity index (χ3v) is 6.36. The summed E-state index contributed by atoms with van der Waals surface area (Å²) in [5.41, 5.74) is 2.17. The van der Waals surface area contributed by atoms with Crippen molar-refractivity contribution in [1.82, 2.24) is 4.90 Å².